The Bertz CT molecular complexity index is 450. The first kappa shape index (κ1) is 9.85. The van der Waals surface area contributed by atoms with Crippen LogP contribution < -0.4 is 0 Å². The van der Waals surface area contributed by atoms with Gasteiger partial charge in [0, 0.05) is 24.8 Å². The zero-order chi connectivity index (χ0) is 10.7. The van der Waals surface area contributed by atoms with E-state index in [-0.39, 0.29) is 6.61 Å². The van der Waals surface area contributed by atoms with E-state index in [9.17, 15) is 4.79 Å². The predicted octanol–water partition coefficient (Wildman–Crippen LogP) is 1.23. The number of nitrogens with zero attached hydrogens (tertiary/aromatic N) is 3. The highest BCUT2D eigenvalue weighted by Crippen LogP contribution is 2.05. The molecule has 0 radical (unpaired) electrons. The molecule has 0 aliphatic rings. The zero-order valence-electron chi connectivity index (χ0n) is 8.08. The van der Waals surface area contributed by atoms with Gasteiger partial charge in [-0.1, -0.05) is 0 Å². The third-order valence-electron chi connectivity index (χ3n) is 1.89. The van der Waals surface area contributed by atoms with Crippen LogP contribution in [-0.4, -0.2) is 20.5 Å². The van der Waals surface area contributed by atoms with E-state index in [4.69, 9.17) is 4.74 Å². The Kier molecular flexibility index (Phi) is 2.77. The van der Waals surface area contributed by atoms with Crippen LogP contribution in [0.25, 0.3) is 0 Å². The van der Waals surface area contributed by atoms with Gasteiger partial charge in [-0.2, -0.15) is 0 Å². The second-order valence-electron chi connectivity index (χ2n) is 2.90. The molecule has 0 N–H and O–H groups in total. The number of hydrogen-bond acceptors (Lipinski definition) is 5. The number of aryl methyl sites for hydroxylation is 1. The number of carbonyl (C=O) groups is 1. The number of carbonyl (C=O) groups excluding carboxylic acids is 1. The maximum absolute atomic E-state index is 11.4. The largest absolute Gasteiger partial charge is 0.453 e. The number of imidazole rings is 1. The Morgan fingerprint density at radius 1 is 1.60 bits per heavy atom. The molecule has 0 bridgehead atoms. The quantitative estimate of drug-likeness (QED) is 0.734. The van der Waals surface area contributed by atoms with E-state index < -0.39 is 5.97 Å². The number of aromatic nitrogens is 3. The van der Waals surface area contributed by atoms with Crippen LogP contribution in [0.2, 0.25) is 0 Å². The van der Waals surface area contributed by atoms with Crippen molar-refractivity contribution in [3.05, 3.63) is 34.8 Å². The molecule has 15 heavy (non-hydrogen) atoms. The summed E-state index contributed by atoms with van der Waals surface area (Å²) in [5, 5.41) is 1.65. The summed E-state index contributed by atoms with van der Waals surface area (Å²) in [5.41, 5.74) is 1.94. The lowest BCUT2D eigenvalue weighted by Gasteiger charge is -2.02. The van der Waals surface area contributed by atoms with Gasteiger partial charge in [-0.3, -0.25) is 0 Å². The van der Waals surface area contributed by atoms with Gasteiger partial charge in [0.15, 0.2) is 5.69 Å². The number of hydrogen-bond donors (Lipinski definition) is 0. The fourth-order valence-corrected chi connectivity index (χ4v) is 1.57. The first-order chi connectivity index (χ1) is 7.27. The van der Waals surface area contributed by atoms with E-state index in [1.54, 1.807) is 27.9 Å². The van der Waals surface area contributed by atoms with Crippen LogP contribution in [-0.2, 0) is 18.4 Å². The second-order valence-corrected chi connectivity index (χ2v) is 3.62. The summed E-state index contributed by atoms with van der Waals surface area (Å²) in [6.45, 7) is 0.167. The van der Waals surface area contributed by atoms with Crippen molar-refractivity contribution >= 4 is 17.3 Å². The third kappa shape index (κ3) is 2.21. The molecule has 0 saturated carbocycles. The summed E-state index contributed by atoms with van der Waals surface area (Å²) in [7, 11) is 1.85. The fourth-order valence-electron chi connectivity index (χ4n) is 1.05. The highest BCUT2D eigenvalue weighted by molar-refractivity contribution is 7.07. The first-order valence-electron chi connectivity index (χ1n) is 4.29. The molecule has 2 aromatic rings. The lowest BCUT2D eigenvalue weighted by Crippen LogP contribution is -2.08. The Labute approximate surface area is 90.4 Å². The molecular formula is C9H9N3O2S. The Balaban J connectivity index is 1.95. The molecule has 78 valence electrons. The average molecular weight is 223 g/mol. The van der Waals surface area contributed by atoms with Crippen LogP contribution in [0.3, 0.4) is 0 Å². The third-order valence-corrected chi connectivity index (χ3v) is 2.48. The van der Waals surface area contributed by atoms with E-state index in [0.29, 0.717) is 11.5 Å². The molecule has 0 aromatic carbocycles. The van der Waals surface area contributed by atoms with Crippen LogP contribution in [0.4, 0.5) is 0 Å². The summed E-state index contributed by atoms with van der Waals surface area (Å²) < 4.78 is 6.83. The molecule has 0 fully saturated rings. The monoisotopic (exact) mass is 223 g/mol. The first-order valence-corrected chi connectivity index (χ1v) is 5.23. The van der Waals surface area contributed by atoms with Gasteiger partial charge < -0.3 is 9.30 Å². The lowest BCUT2D eigenvalue weighted by atomic mass is 10.5. The van der Waals surface area contributed by atoms with Crippen LogP contribution in [0.1, 0.15) is 16.3 Å². The van der Waals surface area contributed by atoms with Crippen LogP contribution in [0.5, 0.6) is 0 Å². The lowest BCUT2D eigenvalue weighted by molar-refractivity contribution is 0.0453. The minimum Gasteiger partial charge on any atom is -0.453 e. The van der Waals surface area contributed by atoms with Crippen molar-refractivity contribution in [3.8, 4) is 0 Å². The second kappa shape index (κ2) is 4.22. The average Bonchev–Trinajstić information content (AvgIpc) is 2.85. The minimum absolute atomic E-state index is 0.167. The normalized spacial score (nSPS) is 10.2. The number of ether oxygens (including phenoxy) is 1. The highest BCUT2D eigenvalue weighted by atomic mass is 32.1. The zero-order valence-corrected chi connectivity index (χ0v) is 8.90. The number of thiazole rings is 1. The molecule has 0 aliphatic carbocycles. The van der Waals surface area contributed by atoms with Gasteiger partial charge in [0.25, 0.3) is 0 Å². The van der Waals surface area contributed by atoms with Crippen molar-refractivity contribution in [1.82, 2.24) is 14.5 Å². The summed E-state index contributed by atoms with van der Waals surface area (Å²) in [5.74, 6) is 0.290. The van der Waals surface area contributed by atoms with E-state index >= 15 is 0 Å². The fraction of sp³-hybridized carbons (Fsp3) is 0.222. The van der Waals surface area contributed by atoms with Crippen molar-refractivity contribution in [1.29, 1.82) is 0 Å². The Morgan fingerprint density at radius 3 is 3.07 bits per heavy atom. The van der Waals surface area contributed by atoms with Crippen molar-refractivity contribution in [2.24, 2.45) is 7.05 Å². The Hall–Kier alpha value is -1.69. The molecule has 0 saturated heterocycles. The topological polar surface area (TPSA) is 57.0 Å². The van der Waals surface area contributed by atoms with Crippen LogP contribution >= 0.6 is 11.3 Å². The maximum atomic E-state index is 11.4. The molecule has 5 nitrogen and oxygen atoms in total. The molecule has 2 heterocycles. The van der Waals surface area contributed by atoms with Crippen molar-refractivity contribution in [2.75, 3.05) is 0 Å². The molecule has 0 aliphatic heterocycles. The van der Waals surface area contributed by atoms with Gasteiger partial charge in [-0.25, -0.2) is 14.8 Å². The molecule has 0 unspecified atom stereocenters. The Morgan fingerprint density at radius 2 is 2.47 bits per heavy atom. The molecule has 0 amide bonds. The molecule has 2 rings (SSSR count). The maximum Gasteiger partial charge on any atom is 0.358 e. The SMILES string of the molecule is Cn1ccnc1COC(=O)c1cscn1. The molecular weight excluding hydrogens is 214 g/mol. The summed E-state index contributed by atoms with van der Waals surface area (Å²) in [6.07, 6.45) is 3.46. The number of esters is 1. The minimum atomic E-state index is -0.417. The molecule has 0 spiro atoms. The van der Waals surface area contributed by atoms with Gasteiger partial charge in [-0.05, 0) is 0 Å². The molecule has 6 heteroatoms. The van der Waals surface area contributed by atoms with E-state index in [1.807, 2.05) is 7.05 Å². The predicted molar refractivity (Wildman–Crippen MR) is 54.4 cm³/mol. The van der Waals surface area contributed by atoms with Gasteiger partial charge >= 0.3 is 5.97 Å². The van der Waals surface area contributed by atoms with Crippen LogP contribution in [0.15, 0.2) is 23.3 Å². The molecule has 2 aromatic heterocycles. The van der Waals surface area contributed by atoms with Gasteiger partial charge in [0.05, 0.1) is 5.51 Å². The van der Waals surface area contributed by atoms with Gasteiger partial charge in [0.2, 0.25) is 0 Å². The van der Waals surface area contributed by atoms with E-state index in [0.717, 1.165) is 0 Å². The highest BCUT2D eigenvalue weighted by Gasteiger charge is 2.10. The van der Waals surface area contributed by atoms with Crippen molar-refractivity contribution < 1.29 is 9.53 Å². The van der Waals surface area contributed by atoms with Crippen molar-refractivity contribution in [2.45, 2.75) is 6.61 Å². The molecule has 0 atom stereocenters. The summed E-state index contributed by atoms with van der Waals surface area (Å²) in [6, 6.07) is 0. The van der Waals surface area contributed by atoms with Crippen LogP contribution in [0, 0.1) is 0 Å². The summed E-state index contributed by atoms with van der Waals surface area (Å²) >= 11 is 1.36. The number of rotatable bonds is 3. The van der Waals surface area contributed by atoms with Gasteiger partial charge in [-0.15, -0.1) is 11.3 Å². The summed E-state index contributed by atoms with van der Waals surface area (Å²) in [4.78, 5) is 19.3. The van der Waals surface area contributed by atoms with E-state index in [2.05, 4.69) is 9.97 Å². The smallest absolute Gasteiger partial charge is 0.358 e. The van der Waals surface area contributed by atoms with E-state index in [1.165, 1.54) is 11.3 Å². The standard InChI is InChI=1S/C9H9N3O2S/c1-12-3-2-10-8(12)4-14-9(13)7-5-15-6-11-7/h2-3,5-6H,4H2,1H3. The van der Waals surface area contributed by atoms with Crippen molar-refractivity contribution in [3.63, 3.8) is 0 Å². The van der Waals surface area contributed by atoms with Gasteiger partial charge in [0.1, 0.15) is 12.4 Å².